The van der Waals surface area contributed by atoms with Crippen molar-refractivity contribution >= 4 is 0 Å². The molecule has 0 aromatic rings. The fraction of sp³-hybridized carbons (Fsp3) is 1.00. The number of ether oxygens (including phenoxy) is 1. The zero-order valence-electron chi connectivity index (χ0n) is 10.8. The lowest BCUT2D eigenvalue weighted by atomic mass is 9.90. The molecule has 0 spiro atoms. The van der Waals surface area contributed by atoms with Crippen LogP contribution in [0.3, 0.4) is 0 Å². The summed E-state index contributed by atoms with van der Waals surface area (Å²) in [5, 5.41) is 3.47. The van der Waals surface area contributed by atoms with E-state index in [0.29, 0.717) is 12.1 Å². The summed E-state index contributed by atoms with van der Waals surface area (Å²) in [4.78, 5) is 0. The molecule has 3 unspecified atom stereocenters. The van der Waals surface area contributed by atoms with E-state index in [1.54, 1.807) is 0 Å². The summed E-state index contributed by atoms with van der Waals surface area (Å²) in [5.41, 5.74) is 0. The maximum atomic E-state index is 5.92. The van der Waals surface area contributed by atoms with Crippen molar-refractivity contribution in [1.82, 2.24) is 5.32 Å². The number of likely N-dealkylation sites (N-methyl/N-ethyl adjacent to an activating group) is 1. The van der Waals surface area contributed by atoms with Gasteiger partial charge in [0.15, 0.2) is 0 Å². The van der Waals surface area contributed by atoms with Gasteiger partial charge in [-0.15, -0.1) is 0 Å². The summed E-state index contributed by atoms with van der Waals surface area (Å²) in [6, 6.07) is 0.539. The lowest BCUT2D eigenvalue weighted by Crippen LogP contribution is -2.45. The molecule has 15 heavy (non-hydrogen) atoms. The predicted octanol–water partition coefficient (Wildman–Crippen LogP) is 2.83. The van der Waals surface area contributed by atoms with Gasteiger partial charge in [0.2, 0.25) is 0 Å². The van der Waals surface area contributed by atoms with Gasteiger partial charge in [-0.1, -0.05) is 20.3 Å². The van der Waals surface area contributed by atoms with Crippen LogP contribution in [0.25, 0.3) is 0 Å². The first-order chi connectivity index (χ1) is 7.24. The van der Waals surface area contributed by atoms with Gasteiger partial charge in [-0.2, -0.15) is 0 Å². The predicted molar refractivity (Wildman–Crippen MR) is 65.1 cm³/mol. The highest BCUT2D eigenvalue weighted by atomic mass is 16.5. The summed E-state index contributed by atoms with van der Waals surface area (Å²) in [6.07, 6.45) is 5.73. The molecule has 90 valence electrons. The Labute approximate surface area is 94.8 Å². The van der Waals surface area contributed by atoms with Gasteiger partial charge in [-0.25, -0.2) is 0 Å². The SMILES string of the molecule is CCCC(C)C(NC)C(OCC)C1CC1. The van der Waals surface area contributed by atoms with Crippen LogP contribution in [-0.2, 0) is 4.74 Å². The average Bonchev–Trinajstić information content (AvgIpc) is 3.01. The molecule has 1 aliphatic carbocycles. The quantitative estimate of drug-likeness (QED) is 0.669. The van der Waals surface area contributed by atoms with Crippen LogP contribution in [0.5, 0.6) is 0 Å². The molecule has 0 amide bonds. The normalized spacial score (nSPS) is 22.4. The third-order valence-electron chi connectivity index (χ3n) is 3.49. The molecular formula is C13H27NO. The Morgan fingerprint density at radius 3 is 2.40 bits per heavy atom. The van der Waals surface area contributed by atoms with Crippen LogP contribution in [0.4, 0.5) is 0 Å². The van der Waals surface area contributed by atoms with Gasteiger partial charge in [0.25, 0.3) is 0 Å². The van der Waals surface area contributed by atoms with E-state index in [1.807, 2.05) is 0 Å². The zero-order valence-corrected chi connectivity index (χ0v) is 10.8. The fourth-order valence-corrected chi connectivity index (χ4v) is 2.56. The molecule has 2 nitrogen and oxygen atoms in total. The van der Waals surface area contributed by atoms with Gasteiger partial charge in [0.05, 0.1) is 6.10 Å². The van der Waals surface area contributed by atoms with Crippen molar-refractivity contribution in [1.29, 1.82) is 0 Å². The minimum Gasteiger partial charge on any atom is -0.377 e. The Morgan fingerprint density at radius 1 is 1.33 bits per heavy atom. The van der Waals surface area contributed by atoms with Gasteiger partial charge in [-0.05, 0) is 45.1 Å². The topological polar surface area (TPSA) is 21.3 Å². The highest BCUT2D eigenvalue weighted by Crippen LogP contribution is 2.37. The van der Waals surface area contributed by atoms with E-state index >= 15 is 0 Å². The second kappa shape index (κ2) is 6.49. The molecule has 0 bridgehead atoms. The average molecular weight is 213 g/mol. The molecule has 0 aliphatic heterocycles. The Balaban J connectivity index is 2.51. The summed E-state index contributed by atoms with van der Waals surface area (Å²) < 4.78 is 5.92. The van der Waals surface area contributed by atoms with E-state index < -0.39 is 0 Å². The first-order valence-corrected chi connectivity index (χ1v) is 6.53. The van der Waals surface area contributed by atoms with Gasteiger partial charge in [0.1, 0.15) is 0 Å². The van der Waals surface area contributed by atoms with E-state index in [0.717, 1.165) is 18.4 Å². The Kier molecular flexibility index (Phi) is 5.62. The molecule has 2 heteroatoms. The van der Waals surface area contributed by atoms with Crippen LogP contribution in [0.2, 0.25) is 0 Å². The zero-order chi connectivity index (χ0) is 11.3. The van der Waals surface area contributed by atoms with Crippen molar-refractivity contribution in [2.45, 2.75) is 58.6 Å². The van der Waals surface area contributed by atoms with Crippen molar-refractivity contribution in [2.24, 2.45) is 11.8 Å². The number of hydrogen-bond donors (Lipinski definition) is 1. The molecule has 1 rings (SSSR count). The molecule has 1 N–H and O–H groups in total. The highest BCUT2D eigenvalue weighted by molar-refractivity contribution is 4.92. The number of rotatable bonds is 8. The van der Waals surface area contributed by atoms with E-state index in [2.05, 4.69) is 33.1 Å². The van der Waals surface area contributed by atoms with Crippen molar-refractivity contribution < 1.29 is 4.74 Å². The van der Waals surface area contributed by atoms with E-state index in [4.69, 9.17) is 4.74 Å². The highest BCUT2D eigenvalue weighted by Gasteiger charge is 2.38. The lowest BCUT2D eigenvalue weighted by Gasteiger charge is -2.31. The van der Waals surface area contributed by atoms with Gasteiger partial charge < -0.3 is 10.1 Å². The molecule has 0 saturated heterocycles. The molecule has 1 aliphatic rings. The van der Waals surface area contributed by atoms with E-state index in [-0.39, 0.29) is 0 Å². The number of nitrogens with one attached hydrogen (secondary N) is 1. The minimum absolute atomic E-state index is 0.446. The minimum atomic E-state index is 0.446. The molecule has 0 heterocycles. The molecule has 3 atom stereocenters. The second-order valence-electron chi connectivity index (χ2n) is 4.84. The van der Waals surface area contributed by atoms with Crippen molar-refractivity contribution in [3.63, 3.8) is 0 Å². The smallest absolute Gasteiger partial charge is 0.0758 e. The summed E-state index contributed by atoms with van der Waals surface area (Å²) >= 11 is 0. The summed E-state index contributed by atoms with van der Waals surface area (Å²) in [6.45, 7) is 7.56. The van der Waals surface area contributed by atoms with Crippen LogP contribution < -0.4 is 5.32 Å². The molecule has 0 aromatic carbocycles. The van der Waals surface area contributed by atoms with Crippen LogP contribution in [0, 0.1) is 11.8 Å². The molecular weight excluding hydrogens is 186 g/mol. The van der Waals surface area contributed by atoms with Crippen molar-refractivity contribution in [2.75, 3.05) is 13.7 Å². The number of hydrogen-bond acceptors (Lipinski definition) is 2. The third-order valence-corrected chi connectivity index (χ3v) is 3.49. The molecule has 1 saturated carbocycles. The van der Waals surface area contributed by atoms with Gasteiger partial charge >= 0.3 is 0 Å². The van der Waals surface area contributed by atoms with Crippen LogP contribution in [0.15, 0.2) is 0 Å². The fourth-order valence-electron chi connectivity index (χ4n) is 2.56. The molecule has 0 aromatic heterocycles. The lowest BCUT2D eigenvalue weighted by molar-refractivity contribution is 0.00604. The van der Waals surface area contributed by atoms with Crippen LogP contribution >= 0.6 is 0 Å². The van der Waals surface area contributed by atoms with Crippen LogP contribution in [0.1, 0.15) is 46.5 Å². The maximum absolute atomic E-state index is 5.92. The summed E-state index contributed by atoms with van der Waals surface area (Å²) in [5.74, 6) is 1.54. The van der Waals surface area contributed by atoms with Crippen LogP contribution in [-0.4, -0.2) is 25.8 Å². The van der Waals surface area contributed by atoms with E-state index in [9.17, 15) is 0 Å². The Morgan fingerprint density at radius 2 is 2.00 bits per heavy atom. The van der Waals surface area contributed by atoms with E-state index in [1.165, 1.54) is 25.7 Å². The van der Waals surface area contributed by atoms with Crippen molar-refractivity contribution in [3.05, 3.63) is 0 Å². The van der Waals surface area contributed by atoms with Gasteiger partial charge in [-0.3, -0.25) is 0 Å². The Bertz CT molecular complexity index is 168. The van der Waals surface area contributed by atoms with Crippen molar-refractivity contribution in [3.8, 4) is 0 Å². The second-order valence-corrected chi connectivity index (χ2v) is 4.84. The first-order valence-electron chi connectivity index (χ1n) is 6.53. The maximum Gasteiger partial charge on any atom is 0.0758 e. The Hall–Kier alpha value is -0.0800. The standard InChI is InChI=1S/C13H27NO/c1-5-7-10(3)12(14-4)13(15-6-2)11-8-9-11/h10-14H,5-9H2,1-4H3. The molecule has 1 fully saturated rings. The van der Waals surface area contributed by atoms with Gasteiger partial charge in [0, 0.05) is 12.6 Å². The first kappa shape index (κ1) is 13.0. The largest absolute Gasteiger partial charge is 0.377 e. The monoisotopic (exact) mass is 213 g/mol. The third kappa shape index (κ3) is 3.76. The summed E-state index contributed by atoms with van der Waals surface area (Å²) in [7, 11) is 2.07. The molecule has 0 radical (unpaired) electrons.